The van der Waals surface area contributed by atoms with Crippen molar-refractivity contribution in [1.82, 2.24) is 9.88 Å². The van der Waals surface area contributed by atoms with Crippen LogP contribution in [0.25, 0.3) is 6.08 Å². The fourth-order valence-electron chi connectivity index (χ4n) is 2.94. The molecule has 1 aromatic heterocycles. The van der Waals surface area contributed by atoms with Gasteiger partial charge in [0, 0.05) is 32.1 Å². The van der Waals surface area contributed by atoms with Crippen LogP contribution in [0, 0.1) is 5.92 Å². The van der Waals surface area contributed by atoms with Crippen molar-refractivity contribution in [2.24, 2.45) is 5.92 Å². The standard InChI is InChI=1S/C17H22N2O4/c20-17(21)19-6-3-13(12-19)1-2-14-9-16(11-18-10-14)23-15-4-7-22-8-5-15/h1-2,9-11,13,15H,3-8,12H2,(H,20,21)/t13-/m0/s1. The number of carbonyl (C=O) groups is 1. The average Bonchev–Trinajstić information content (AvgIpc) is 3.04. The van der Waals surface area contributed by atoms with Gasteiger partial charge in [-0.2, -0.15) is 0 Å². The first kappa shape index (κ1) is 15.8. The molecule has 1 N–H and O–H groups in total. The van der Waals surface area contributed by atoms with Gasteiger partial charge < -0.3 is 19.5 Å². The van der Waals surface area contributed by atoms with Crippen LogP contribution in [-0.2, 0) is 4.74 Å². The highest BCUT2D eigenvalue weighted by Gasteiger charge is 2.23. The number of ether oxygens (including phenoxy) is 2. The maximum absolute atomic E-state index is 10.9. The van der Waals surface area contributed by atoms with Gasteiger partial charge in [0.05, 0.1) is 19.4 Å². The molecule has 2 fully saturated rings. The maximum atomic E-state index is 10.9. The fourth-order valence-corrected chi connectivity index (χ4v) is 2.94. The summed E-state index contributed by atoms with van der Waals surface area (Å²) in [4.78, 5) is 16.6. The Morgan fingerprint density at radius 3 is 2.91 bits per heavy atom. The van der Waals surface area contributed by atoms with Crippen LogP contribution in [0.1, 0.15) is 24.8 Å². The lowest BCUT2D eigenvalue weighted by Crippen LogP contribution is -2.26. The molecule has 1 amide bonds. The first-order valence-electron chi connectivity index (χ1n) is 8.06. The minimum Gasteiger partial charge on any atom is -0.489 e. The van der Waals surface area contributed by atoms with E-state index in [1.807, 2.05) is 12.1 Å². The Hall–Kier alpha value is -2.08. The van der Waals surface area contributed by atoms with Crippen LogP contribution in [0.5, 0.6) is 5.75 Å². The molecule has 0 bridgehead atoms. The van der Waals surface area contributed by atoms with Gasteiger partial charge >= 0.3 is 6.09 Å². The third-order valence-electron chi connectivity index (χ3n) is 4.26. The lowest BCUT2D eigenvalue weighted by atomic mass is 10.1. The number of hydrogen-bond donors (Lipinski definition) is 1. The van der Waals surface area contributed by atoms with Crippen molar-refractivity contribution in [1.29, 1.82) is 0 Å². The molecule has 124 valence electrons. The minimum atomic E-state index is -0.838. The highest BCUT2D eigenvalue weighted by molar-refractivity contribution is 5.65. The predicted octanol–water partition coefficient (Wildman–Crippen LogP) is 2.65. The minimum absolute atomic E-state index is 0.198. The van der Waals surface area contributed by atoms with Crippen LogP contribution in [-0.4, -0.2) is 53.5 Å². The Morgan fingerprint density at radius 1 is 1.35 bits per heavy atom. The fraction of sp³-hybridized carbons (Fsp3) is 0.529. The topological polar surface area (TPSA) is 71.9 Å². The summed E-state index contributed by atoms with van der Waals surface area (Å²) < 4.78 is 11.3. The first-order chi connectivity index (χ1) is 11.2. The Morgan fingerprint density at radius 2 is 2.17 bits per heavy atom. The molecule has 2 aliphatic heterocycles. The van der Waals surface area contributed by atoms with E-state index < -0.39 is 6.09 Å². The van der Waals surface area contributed by atoms with Gasteiger partial charge in [0.1, 0.15) is 11.9 Å². The van der Waals surface area contributed by atoms with Gasteiger partial charge in [0.15, 0.2) is 0 Å². The Bertz CT molecular complexity index is 569. The summed E-state index contributed by atoms with van der Waals surface area (Å²) in [5.41, 5.74) is 0.975. The summed E-state index contributed by atoms with van der Waals surface area (Å²) in [6.45, 7) is 2.67. The second kappa shape index (κ2) is 7.46. The van der Waals surface area contributed by atoms with Gasteiger partial charge in [-0.3, -0.25) is 4.98 Å². The van der Waals surface area contributed by atoms with E-state index in [1.54, 1.807) is 12.4 Å². The summed E-state index contributed by atoms with van der Waals surface area (Å²) in [5, 5.41) is 8.97. The normalized spacial score (nSPS) is 22.6. The highest BCUT2D eigenvalue weighted by Crippen LogP contribution is 2.21. The van der Waals surface area contributed by atoms with Gasteiger partial charge in [0.2, 0.25) is 0 Å². The molecule has 6 heteroatoms. The molecule has 6 nitrogen and oxygen atoms in total. The van der Waals surface area contributed by atoms with Crippen LogP contribution in [0.3, 0.4) is 0 Å². The molecule has 0 radical (unpaired) electrons. The number of amides is 1. The van der Waals surface area contributed by atoms with E-state index in [1.165, 1.54) is 4.90 Å². The summed E-state index contributed by atoms with van der Waals surface area (Å²) >= 11 is 0. The van der Waals surface area contributed by atoms with Crippen molar-refractivity contribution < 1.29 is 19.4 Å². The number of likely N-dealkylation sites (tertiary alicyclic amines) is 1. The summed E-state index contributed by atoms with van der Waals surface area (Å²) in [5.74, 6) is 1.05. The summed E-state index contributed by atoms with van der Waals surface area (Å²) in [7, 11) is 0. The zero-order chi connectivity index (χ0) is 16.1. The number of aromatic nitrogens is 1. The molecular formula is C17H22N2O4. The van der Waals surface area contributed by atoms with E-state index in [0.717, 1.165) is 43.8 Å². The van der Waals surface area contributed by atoms with Gasteiger partial charge in [-0.15, -0.1) is 0 Å². The molecule has 3 heterocycles. The van der Waals surface area contributed by atoms with E-state index in [-0.39, 0.29) is 12.0 Å². The van der Waals surface area contributed by atoms with E-state index in [0.29, 0.717) is 13.1 Å². The molecule has 0 spiro atoms. The van der Waals surface area contributed by atoms with Crippen molar-refractivity contribution in [3.63, 3.8) is 0 Å². The molecule has 1 atom stereocenters. The number of pyridine rings is 1. The quantitative estimate of drug-likeness (QED) is 0.924. The Kier molecular flexibility index (Phi) is 5.12. The summed E-state index contributed by atoms with van der Waals surface area (Å²) in [6.07, 6.45) is 9.64. The van der Waals surface area contributed by atoms with Crippen LogP contribution >= 0.6 is 0 Å². The SMILES string of the molecule is O=C(O)N1CC[C@H](C=Cc2cncc(OC3CCOCC3)c2)C1. The van der Waals surface area contributed by atoms with Crippen LogP contribution in [0.4, 0.5) is 4.79 Å². The van der Waals surface area contributed by atoms with Crippen molar-refractivity contribution in [3.05, 3.63) is 30.1 Å². The van der Waals surface area contributed by atoms with Crippen LogP contribution in [0.15, 0.2) is 24.5 Å². The van der Waals surface area contributed by atoms with Crippen molar-refractivity contribution in [2.45, 2.75) is 25.4 Å². The third kappa shape index (κ3) is 4.45. The molecule has 0 unspecified atom stereocenters. The highest BCUT2D eigenvalue weighted by atomic mass is 16.5. The second-order valence-electron chi connectivity index (χ2n) is 6.02. The van der Waals surface area contributed by atoms with Gasteiger partial charge in [-0.25, -0.2) is 4.79 Å². The maximum Gasteiger partial charge on any atom is 0.407 e. The zero-order valence-corrected chi connectivity index (χ0v) is 13.1. The predicted molar refractivity (Wildman–Crippen MR) is 85.4 cm³/mol. The molecule has 1 aromatic rings. The number of nitrogens with zero attached hydrogens (tertiary/aromatic N) is 2. The van der Waals surface area contributed by atoms with Gasteiger partial charge in [-0.1, -0.05) is 12.2 Å². The lowest BCUT2D eigenvalue weighted by Gasteiger charge is -2.23. The molecular weight excluding hydrogens is 296 g/mol. The van der Waals surface area contributed by atoms with E-state index in [2.05, 4.69) is 11.1 Å². The van der Waals surface area contributed by atoms with Crippen LogP contribution < -0.4 is 4.74 Å². The lowest BCUT2D eigenvalue weighted by molar-refractivity contribution is 0.0254. The van der Waals surface area contributed by atoms with Crippen LogP contribution in [0.2, 0.25) is 0 Å². The van der Waals surface area contributed by atoms with E-state index in [4.69, 9.17) is 14.6 Å². The van der Waals surface area contributed by atoms with E-state index >= 15 is 0 Å². The summed E-state index contributed by atoms with van der Waals surface area (Å²) in [6, 6.07) is 1.98. The number of carboxylic acid groups (broad SMARTS) is 1. The number of rotatable bonds is 4. The van der Waals surface area contributed by atoms with Gasteiger partial charge in [0.25, 0.3) is 0 Å². The molecule has 3 rings (SSSR count). The molecule has 2 saturated heterocycles. The van der Waals surface area contributed by atoms with Crippen molar-refractivity contribution in [3.8, 4) is 5.75 Å². The van der Waals surface area contributed by atoms with Crippen molar-refractivity contribution >= 4 is 12.2 Å². The van der Waals surface area contributed by atoms with Crippen molar-refractivity contribution in [2.75, 3.05) is 26.3 Å². The molecule has 23 heavy (non-hydrogen) atoms. The average molecular weight is 318 g/mol. The second-order valence-corrected chi connectivity index (χ2v) is 6.02. The first-order valence-corrected chi connectivity index (χ1v) is 8.06. The largest absolute Gasteiger partial charge is 0.489 e. The molecule has 0 aromatic carbocycles. The van der Waals surface area contributed by atoms with E-state index in [9.17, 15) is 4.79 Å². The monoisotopic (exact) mass is 318 g/mol. The third-order valence-corrected chi connectivity index (χ3v) is 4.26. The Balaban J connectivity index is 1.57. The number of hydrogen-bond acceptors (Lipinski definition) is 4. The zero-order valence-electron chi connectivity index (χ0n) is 13.1. The smallest absolute Gasteiger partial charge is 0.407 e. The molecule has 0 aliphatic carbocycles. The molecule has 2 aliphatic rings. The Labute approximate surface area is 135 Å². The van der Waals surface area contributed by atoms with Gasteiger partial charge in [-0.05, 0) is 24.0 Å². The molecule has 0 saturated carbocycles.